The van der Waals surface area contributed by atoms with Gasteiger partial charge in [-0.1, -0.05) is 12.1 Å². The van der Waals surface area contributed by atoms with Crippen molar-refractivity contribution in [2.75, 3.05) is 6.61 Å². The second kappa shape index (κ2) is 9.82. The van der Waals surface area contributed by atoms with Crippen LogP contribution in [0, 0.1) is 16.0 Å². The van der Waals surface area contributed by atoms with Crippen molar-refractivity contribution in [3.8, 4) is 11.5 Å². The summed E-state index contributed by atoms with van der Waals surface area (Å²) < 4.78 is 23.2. The van der Waals surface area contributed by atoms with Gasteiger partial charge in [0.2, 0.25) is 11.5 Å². The number of fused-ring (bicyclic) bond motifs is 1. The fraction of sp³-hybridized carbons (Fsp3) is 0.375. The minimum Gasteiger partial charge on any atom is -0.493 e. The molecule has 1 fully saturated rings. The molecule has 1 saturated carbocycles. The number of Topliss-reactive ketones (excluding diaryl/α,β-unsaturated/α-hetero) is 1. The van der Waals surface area contributed by atoms with Crippen molar-refractivity contribution < 1.29 is 28.7 Å². The highest BCUT2D eigenvalue weighted by Gasteiger charge is 2.41. The van der Waals surface area contributed by atoms with Crippen LogP contribution in [0.5, 0.6) is 11.5 Å². The van der Waals surface area contributed by atoms with E-state index in [1.54, 1.807) is 24.3 Å². The van der Waals surface area contributed by atoms with Gasteiger partial charge in [0.15, 0.2) is 11.5 Å². The third kappa shape index (κ3) is 4.91. The molecule has 3 atom stereocenters. The van der Waals surface area contributed by atoms with Gasteiger partial charge in [-0.3, -0.25) is 14.9 Å². The molecule has 0 spiro atoms. The lowest BCUT2D eigenvalue weighted by atomic mass is 9.80. The Morgan fingerprint density at radius 2 is 1.84 bits per heavy atom. The summed E-state index contributed by atoms with van der Waals surface area (Å²) >= 11 is 0. The fourth-order valence-electron chi connectivity index (χ4n) is 4.01. The highest BCUT2D eigenvalue weighted by atomic mass is 16.6. The van der Waals surface area contributed by atoms with Gasteiger partial charge in [0.05, 0.1) is 30.2 Å². The monoisotopic (exact) mass is 439 g/mol. The molecule has 3 unspecified atom stereocenters. The van der Waals surface area contributed by atoms with E-state index in [2.05, 4.69) is 0 Å². The molecule has 32 heavy (non-hydrogen) atoms. The Hall–Kier alpha value is -3.39. The highest BCUT2D eigenvalue weighted by molar-refractivity contribution is 5.96. The topological polar surface area (TPSA) is 97.1 Å². The van der Waals surface area contributed by atoms with Gasteiger partial charge in [0, 0.05) is 18.6 Å². The second-order valence-electron chi connectivity index (χ2n) is 7.78. The van der Waals surface area contributed by atoms with Crippen LogP contribution in [0.3, 0.4) is 0 Å². The summed E-state index contributed by atoms with van der Waals surface area (Å²) in [6, 6.07) is 13.5. The molecule has 4 rings (SSSR count). The zero-order valence-corrected chi connectivity index (χ0v) is 17.8. The average Bonchev–Trinajstić information content (AvgIpc) is 2.81. The van der Waals surface area contributed by atoms with E-state index in [-0.39, 0.29) is 35.4 Å². The molecule has 0 amide bonds. The summed E-state index contributed by atoms with van der Waals surface area (Å²) in [6.07, 6.45) is 3.06. The van der Waals surface area contributed by atoms with Crippen LogP contribution >= 0.6 is 0 Å². The second-order valence-corrected chi connectivity index (χ2v) is 7.78. The molecule has 0 aromatic heterocycles. The number of carbonyl (C=O) groups excluding carboxylic acids is 1. The number of benzene rings is 2. The number of ether oxygens (including phenoxy) is 4. The number of carbonyl (C=O) groups is 1. The molecule has 2 aliphatic rings. The number of hydrogen-bond acceptors (Lipinski definition) is 7. The maximum absolute atomic E-state index is 13.0. The van der Waals surface area contributed by atoms with Crippen LogP contribution in [-0.2, 0) is 20.9 Å². The minimum atomic E-state index is -0.426. The van der Waals surface area contributed by atoms with E-state index in [0.29, 0.717) is 37.6 Å². The first-order chi connectivity index (χ1) is 15.5. The third-order valence-corrected chi connectivity index (χ3v) is 5.67. The van der Waals surface area contributed by atoms with Crippen molar-refractivity contribution in [3.05, 3.63) is 76.2 Å². The van der Waals surface area contributed by atoms with Crippen LogP contribution in [0.15, 0.2) is 60.6 Å². The Morgan fingerprint density at radius 3 is 2.56 bits per heavy atom. The fourth-order valence-corrected chi connectivity index (χ4v) is 4.01. The van der Waals surface area contributed by atoms with E-state index < -0.39 is 4.92 Å². The summed E-state index contributed by atoms with van der Waals surface area (Å²) in [4.78, 5) is 23.3. The van der Waals surface area contributed by atoms with E-state index in [0.717, 1.165) is 12.0 Å². The van der Waals surface area contributed by atoms with E-state index >= 15 is 0 Å². The maximum atomic E-state index is 13.0. The highest BCUT2D eigenvalue weighted by Crippen LogP contribution is 2.37. The zero-order valence-electron chi connectivity index (χ0n) is 17.8. The Bertz CT molecular complexity index is 1000. The molecule has 1 heterocycles. The van der Waals surface area contributed by atoms with E-state index in [1.165, 1.54) is 18.4 Å². The van der Waals surface area contributed by atoms with E-state index in [4.69, 9.17) is 18.9 Å². The summed E-state index contributed by atoms with van der Waals surface area (Å²) in [5.74, 6) is 0.906. The van der Waals surface area contributed by atoms with Crippen LogP contribution in [-0.4, -0.2) is 29.5 Å². The number of allylic oxidation sites excluding steroid dienone is 1. The minimum absolute atomic E-state index is 0.0474. The van der Waals surface area contributed by atoms with Crippen molar-refractivity contribution >= 4 is 11.5 Å². The lowest BCUT2D eigenvalue weighted by Crippen LogP contribution is -2.42. The lowest BCUT2D eigenvalue weighted by Gasteiger charge is -2.37. The number of non-ortho nitro benzene ring substituents is 1. The molecule has 0 bridgehead atoms. The molecular weight excluding hydrogens is 414 g/mol. The average molecular weight is 439 g/mol. The first-order valence-corrected chi connectivity index (χ1v) is 10.7. The van der Waals surface area contributed by atoms with Crippen LogP contribution in [0.2, 0.25) is 0 Å². The molecular formula is C24H25NO7. The van der Waals surface area contributed by atoms with Gasteiger partial charge in [-0.05, 0) is 49.6 Å². The molecule has 2 aromatic carbocycles. The van der Waals surface area contributed by atoms with Gasteiger partial charge in [-0.25, -0.2) is 0 Å². The number of ketones is 1. The van der Waals surface area contributed by atoms with Crippen molar-refractivity contribution in [1.82, 2.24) is 0 Å². The number of hydrogen-bond donors (Lipinski definition) is 0. The quantitative estimate of drug-likeness (QED) is 0.439. The lowest BCUT2D eigenvalue weighted by molar-refractivity contribution is -0.384. The molecule has 8 heteroatoms. The largest absolute Gasteiger partial charge is 0.493 e. The Labute approximate surface area is 185 Å². The molecule has 1 aliphatic heterocycles. The van der Waals surface area contributed by atoms with Gasteiger partial charge < -0.3 is 18.9 Å². The Kier molecular flexibility index (Phi) is 6.70. The Morgan fingerprint density at radius 1 is 1.09 bits per heavy atom. The molecule has 0 saturated heterocycles. The van der Waals surface area contributed by atoms with Crippen molar-refractivity contribution in [3.63, 3.8) is 0 Å². The number of nitrogens with zero attached hydrogens (tertiary/aromatic N) is 1. The van der Waals surface area contributed by atoms with Crippen molar-refractivity contribution in [2.24, 2.45) is 5.92 Å². The van der Waals surface area contributed by atoms with Gasteiger partial charge >= 0.3 is 0 Å². The van der Waals surface area contributed by atoms with E-state index in [1.807, 2.05) is 19.1 Å². The molecule has 1 aliphatic carbocycles. The van der Waals surface area contributed by atoms with Crippen LogP contribution < -0.4 is 9.47 Å². The number of nitro groups is 1. The molecule has 0 N–H and O–H groups in total. The predicted octanol–water partition coefficient (Wildman–Crippen LogP) is 4.57. The van der Waals surface area contributed by atoms with Crippen molar-refractivity contribution in [1.29, 1.82) is 0 Å². The maximum Gasteiger partial charge on any atom is 0.269 e. The summed E-state index contributed by atoms with van der Waals surface area (Å²) in [5, 5.41) is 10.8. The van der Waals surface area contributed by atoms with Gasteiger partial charge in [0.25, 0.3) is 5.69 Å². The van der Waals surface area contributed by atoms with Gasteiger partial charge in [-0.2, -0.15) is 0 Å². The SMILES string of the molecule is CCOc1ccccc1OC1=COC2CC(OCc3ccc([N+](=O)[O-])cc3)CCC2C1=O. The first kappa shape index (κ1) is 21.8. The third-order valence-electron chi connectivity index (χ3n) is 5.67. The van der Waals surface area contributed by atoms with Crippen molar-refractivity contribution in [2.45, 2.75) is 45.0 Å². The Balaban J connectivity index is 1.34. The summed E-state index contributed by atoms with van der Waals surface area (Å²) in [6.45, 7) is 2.74. The predicted molar refractivity (Wildman–Crippen MR) is 115 cm³/mol. The smallest absolute Gasteiger partial charge is 0.269 e. The molecule has 168 valence electrons. The zero-order chi connectivity index (χ0) is 22.5. The molecule has 2 aromatic rings. The van der Waals surface area contributed by atoms with Crippen LogP contribution in [0.25, 0.3) is 0 Å². The summed E-state index contributed by atoms with van der Waals surface area (Å²) in [5.41, 5.74) is 0.916. The van der Waals surface area contributed by atoms with Gasteiger partial charge in [-0.15, -0.1) is 0 Å². The van der Waals surface area contributed by atoms with E-state index in [9.17, 15) is 14.9 Å². The number of rotatable bonds is 8. The van der Waals surface area contributed by atoms with Crippen LogP contribution in [0.1, 0.15) is 31.7 Å². The molecule has 0 radical (unpaired) electrons. The first-order valence-electron chi connectivity index (χ1n) is 10.7. The van der Waals surface area contributed by atoms with Gasteiger partial charge in [0.1, 0.15) is 12.4 Å². The van der Waals surface area contributed by atoms with Crippen LogP contribution in [0.4, 0.5) is 5.69 Å². The summed E-state index contributed by atoms with van der Waals surface area (Å²) in [7, 11) is 0. The number of para-hydroxylation sites is 2. The normalized spacial score (nSPS) is 22.3. The molecule has 8 nitrogen and oxygen atoms in total. The standard InChI is InChI=1S/C24H25NO7/c1-2-29-20-5-3-4-6-21(20)32-23-15-31-22-13-18(11-12-19(22)24(23)26)30-14-16-7-9-17(10-8-16)25(27)28/h3-10,15,18-19,22H,2,11-14H2,1H3. The number of nitro benzene ring substituents is 1.